The van der Waals surface area contributed by atoms with E-state index in [9.17, 15) is 19.5 Å². The summed E-state index contributed by atoms with van der Waals surface area (Å²) in [7, 11) is 0. The van der Waals surface area contributed by atoms with Crippen molar-refractivity contribution in [2.45, 2.75) is 19.6 Å². The summed E-state index contributed by atoms with van der Waals surface area (Å²) in [6, 6.07) is 14.3. The highest BCUT2D eigenvalue weighted by molar-refractivity contribution is 6.40. The fourth-order valence-corrected chi connectivity index (χ4v) is 2.15. The van der Waals surface area contributed by atoms with Crippen molar-refractivity contribution in [1.29, 1.82) is 0 Å². The molecule has 0 amide bonds. The average molecular weight is 372 g/mol. The number of carbonyl (C=O) groups is 3. The molecular weight excluding hydrogens is 352 g/mol. The highest BCUT2D eigenvalue weighted by Gasteiger charge is 2.20. The van der Waals surface area contributed by atoms with Gasteiger partial charge in [-0.2, -0.15) is 0 Å². The molecule has 27 heavy (non-hydrogen) atoms. The van der Waals surface area contributed by atoms with E-state index in [-0.39, 0.29) is 30.9 Å². The predicted octanol–water partition coefficient (Wildman–Crippen LogP) is 2.27. The van der Waals surface area contributed by atoms with Crippen LogP contribution in [-0.2, 0) is 30.2 Å². The van der Waals surface area contributed by atoms with Gasteiger partial charge in [-0.1, -0.05) is 42.5 Å². The van der Waals surface area contributed by atoms with E-state index in [1.807, 2.05) is 0 Å². The number of benzene rings is 2. The Bertz CT molecular complexity index is 769. The SMILES string of the molecule is CC(OCCOC(=O)Cc1ccc(O)cc1)OC(=O)C(=O)c1ccccc1. The van der Waals surface area contributed by atoms with Crippen molar-refractivity contribution in [2.24, 2.45) is 0 Å². The fourth-order valence-electron chi connectivity index (χ4n) is 2.15. The van der Waals surface area contributed by atoms with Gasteiger partial charge in [0.15, 0.2) is 0 Å². The van der Waals surface area contributed by atoms with Crippen LogP contribution in [0.15, 0.2) is 54.6 Å². The minimum Gasteiger partial charge on any atom is -0.508 e. The van der Waals surface area contributed by atoms with E-state index in [1.165, 1.54) is 31.2 Å². The molecule has 7 nitrogen and oxygen atoms in total. The first-order valence-corrected chi connectivity index (χ1v) is 8.31. The lowest BCUT2D eigenvalue weighted by Crippen LogP contribution is -2.26. The van der Waals surface area contributed by atoms with E-state index in [0.717, 1.165) is 0 Å². The maximum Gasteiger partial charge on any atom is 0.381 e. The van der Waals surface area contributed by atoms with Crippen molar-refractivity contribution in [3.8, 4) is 5.75 Å². The molecule has 2 aromatic carbocycles. The minimum absolute atomic E-state index is 0.00922. The number of Topliss-reactive ketones (excluding diaryl/α,β-unsaturated/α-hetero) is 1. The smallest absolute Gasteiger partial charge is 0.381 e. The second-order valence-electron chi connectivity index (χ2n) is 5.60. The number of hydrogen-bond donors (Lipinski definition) is 1. The van der Waals surface area contributed by atoms with Crippen LogP contribution in [0.25, 0.3) is 0 Å². The largest absolute Gasteiger partial charge is 0.508 e. The Morgan fingerprint density at radius 2 is 1.63 bits per heavy atom. The molecule has 0 bridgehead atoms. The van der Waals surface area contributed by atoms with Gasteiger partial charge >= 0.3 is 11.9 Å². The Morgan fingerprint density at radius 1 is 0.963 bits per heavy atom. The molecule has 2 rings (SSSR count). The van der Waals surface area contributed by atoms with Crippen LogP contribution in [0.2, 0.25) is 0 Å². The second-order valence-corrected chi connectivity index (χ2v) is 5.60. The van der Waals surface area contributed by atoms with Crippen molar-refractivity contribution < 1.29 is 33.7 Å². The molecule has 142 valence electrons. The van der Waals surface area contributed by atoms with Gasteiger partial charge < -0.3 is 19.3 Å². The van der Waals surface area contributed by atoms with Crippen molar-refractivity contribution in [3.05, 3.63) is 65.7 Å². The number of phenols is 1. The number of phenolic OH excluding ortho intramolecular Hbond substituents is 1. The van der Waals surface area contributed by atoms with Gasteiger partial charge in [0, 0.05) is 5.56 Å². The molecule has 7 heteroatoms. The third kappa shape index (κ3) is 6.91. The Kier molecular flexibility index (Phi) is 7.51. The first kappa shape index (κ1) is 20.1. The van der Waals surface area contributed by atoms with Gasteiger partial charge in [0.1, 0.15) is 12.4 Å². The van der Waals surface area contributed by atoms with Crippen molar-refractivity contribution in [3.63, 3.8) is 0 Å². The number of aromatic hydroxyl groups is 1. The van der Waals surface area contributed by atoms with Crippen LogP contribution in [0, 0.1) is 0 Å². The van der Waals surface area contributed by atoms with Gasteiger partial charge in [0.25, 0.3) is 5.78 Å². The number of hydrogen-bond acceptors (Lipinski definition) is 7. The van der Waals surface area contributed by atoms with Crippen molar-refractivity contribution >= 4 is 17.7 Å². The van der Waals surface area contributed by atoms with E-state index in [1.54, 1.807) is 30.3 Å². The van der Waals surface area contributed by atoms with Crippen LogP contribution in [-0.4, -0.2) is 42.3 Å². The molecule has 1 N–H and O–H groups in total. The summed E-state index contributed by atoms with van der Waals surface area (Å²) in [6.45, 7) is 1.45. The third-order valence-corrected chi connectivity index (χ3v) is 3.48. The Balaban J connectivity index is 1.64. The van der Waals surface area contributed by atoms with Crippen LogP contribution in [0.3, 0.4) is 0 Å². The van der Waals surface area contributed by atoms with Crippen molar-refractivity contribution in [2.75, 3.05) is 13.2 Å². The van der Waals surface area contributed by atoms with Gasteiger partial charge in [-0.3, -0.25) is 9.59 Å². The van der Waals surface area contributed by atoms with Gasteiger partial charge in [0.05, 0.1) is 13.0 Å². The summed E-state index contributed by atoms with van der Waals surface area (Å²) in [5, 5.41) is 9.19. The van der Waals surface area contributed by atoms with Crippen LogP contribution < -0.4 is 0 Å². The molecule has 0 heterocycles. The predicted molar refractivity (Wildman–Crippen MR) is 95.0 cm³/mol. The van der Waals surface area contributed by atoms with Gasteiger partial charge in [0.2, 0.25) is 6.29 Å². The van der Waals surface area contributed by atoms with E-state index >= 15 is 0 Å². The van der Waals surface area contributed by atoms with Crippen LogP contribution >= 0.6 is 0 Å². The lowest BCUT2D eigenvalue weighted by atomic mass is 10.1. The summed E-state index contributed by atoms with van der Waals surface area (Å²) < 4.78 is 15.1. The second kappa shape index (κ2) is 10.1. The first-order chi connectivity index (χ1) is 13.0. The number of esters is 2. The number of carbonyl (C=O) groups excluding carboxylic acids is 3. The van der Waals surface area contributed by atoms with E-state index in [0.29, 0.717) is 5.56 Å². The monoisotopic (exact) mass is 372 g/mol. The lowest BCUT2D eigenvalue weighted by molar-refractivity contribution is -0.173. The Hall–Kier alpha value is -3.19. The Morgan fingerprint density at radius 3 is 2.30 bits per heavy atom. The molecule has 0 saturated carbocycles. The van der Waals surface area contributed by atoms with Crippen LogP contribution in [0.5, 0.6) is 5.75 Å². The van der Waals surface area contributed by atoms with Gasteiger partial charge in [-0.25, -0.2) is 4.79 Å². The molecule has 1 unspecified atom stereocenters. The topological polar surface area (TPSA) is 99.1 Å². The standard InChI is InChI=1S/C20H20O7/c1-14(27-20(24)19(23)16-5-3-2-4-6-16)25-11-12-26-18(22)13-15-7-9-17(21)10-8-15/h2-10,14,21H,11-13H2,1H3. The summed E-state index contributed by atoms with van der Waals surface area (Å²) in [5.41, 5.74) is 0.943. The van der Waals surface area contributed by atoms with E-state index < -0.39 is 24.0 Å². The zero-order valence-electron chi connectivity index (χ0n) is 14.8. The number of ketones is 1. The highest BCUT2D eigenvalue weighted by Crippen LogP contribution is 2.10. The molecule has 0 aliphatic carbocycles. The minimum atomic E-state index is -1.02. The highest BCUT2D eigenvalue weighted by atomic mass is 16.7. The molecule has 0 radical (unpaired) electrons. The van der Waals surface area contributed by atoms with E-state index in [4.69, 9.17) is 14.2 Å². The average Bonchev–Trinajstić information content (AvgIpc) is 2.67. The zero-order valence-corrected chi connectivity index (χ0v) is 14.8. The molecule has 0 aliphatic rings. The molecule has 2 aromatic rings. The third-order valence-electron chi connectivity index (χ3n) is 3.48. The van der Waals surface area contributed by atoms with Gasteiger partial charge in [-0.05, 0) is 24.6 Å². The maximum atomic E-state index is 11.9. The zero-order chi connectivity index (χ0) is 19.6. The number of rotatable bonds is 9. The summed E-state index contributed by atoms with van der Waals surface area (Å²) in [5.74, 6) is -2.10. The summed E-state index contributed by atoms with van der Waals surface area (Å²) >= 11 is 0. The molecule has 0 saturated heterocycles. The van der Waals surface area contributed by atoms with Crippen LogP contribution in [0.4, 0.5) is 0 Å². The van der Waals surface area contributed by atoms with Gasteiger partial charge in [-0.15, -0.1) is 0 Å². The first-order valence-electron chi connectivity index (χ1n) is 8.31. The molecule has 0 aliphatic heterocycles. The summed E-state index contributed by atoms with van der Waals surface area (Å²) in [4.78, 5) is 35.3. The molecule has 1 atom stereocenters. The molecule has 0 fully saturated rings. The van der Waals surface area contributed by atoms with Crippen molar-refractivity contribution in [1.82, 2.24) is 0 Å². The van der Waals surface area contributed by atoms with Crippen LogP contribution in [0.1, 0.15) is 22.8 Å². The lowest BCUT2D eigenvalue weighted by Gasteiger charge is -2.13. The maximum absolute atomic E-state index is 11.9. The molecular formula is C20H20O7. The fraction of sp³-hybridized carbons (Fsp3) is 0.250. The molecule has 0 spiro atoms. The number of ether oxygens (including phenoxy) is 3. The van der Waals surface area contributed by atoms with E-state index in [2.05, 4.69) is 0 Å². The normalized spacial score (nSPS) is 11.4. The Labute approximate surface area is 156 Å². The summed E-state index contributed by atoms with van der Waals surface area (Å²) in [6.07, 6.45) is -0.892. The molecule has 0 aromatic heterocycles. The quantitative estimate of drug-likeness (QED) is 0.237.